The van der Waals surface area contributed by atoms with Gasteiger partial charge in [0.05, 0.1) is 29.6 Å². The molecule has 0 saturated carbocycles. The van der Waals surface area contributed by atoms with Gasteiger partial charge in [-0.15, -0.1) is 11.8 Å². The van der Waals surface area contributed by atoms with Crippen LogP contribution >= 0.6 is 11.8 Å². The molecule has 174 valence electrons. The molecule has 32 heavy (non-hydrogen) atoms. The Bertz CT molecular complexity index is 993. The van der Waals surface area contributed by atoms with Gasteiger partial charge in [0.2, 0.25) is 5.91 Å². The quantitative estimate of drug-likeness (QED) is 0.164. The standard InChI is InChI=1S/C18H22N4O8S2/c1-20(12-19)17(23)11-31-10-15-7-16(30-32(2,27)28)8-21(15)18(24)29-9-13-3-5-14(6-4-13)22(25)26/h3-6,15-16H,7-11H2,1-2H3. The fourth-order valence-corrected chi connectivity index (χ4v) is 4.66. The number of non-ortho nitro benzene ring substituents is 1. The van der Waals surface area contributed by atoms with E-state index in [0.29, 0.717) is 11.3 Å². The fourth-order valence-electron chi connectivity index (χ4n) is 2.95. The summed E-state index contributed by atoms with van der Waals surface area (Å²) < 4.78 is 33.3. The molecule has 1 aromatic rings. The largest absolute Gasteiger partial charge is 0.445 e. The molecule has 1 saturated heterocycles. The van der Waals surface area contributed by atoms with E-state index in [1.165, 1.54) is 48.0 Å². The molecule has 2 rings (SSSR count). The number of nitro groups is 1. The highest BCUT2D eigenvalue weighted by molar-refractivity contribution is 8.00. The third-order valence-corrected chi connectivity index (χ3v) is 6.18. The molecule has 1 aromatic carbocycles. The molecule has 0 radical (unpaired) electrons. The molecule has 1 aliphatic heterocycles. The first-order chi connectivity index (χ1) is 15.0. The third-order valence-electron chi connectivity index (χ3n) is 4.49. The van der Waals surface area contributed by atoms with E-state index in [9.17, 15) is 28.1 Å². The van der Waals surface area contributed by atoms with Gasteiger partial charge in [-0.3, -0.25) is 24.0 Å². The van der Waals surface area contributed by atoms with Crippen molar-refractivity contribution in [3.05, 3.63) is 39.9 Å². The predicted octanol–water partition coefficient (Wildman–Crippen LogP) is 1.32. The Morgan fingerprint density at radius 2 is 2.03 bits per heavy atom. The lowest BCUT2D eigenvalue weighted by molar-refractivity contribution is -0.384. The molecule has 1 fully saturated rings. The number of nitriles is 1. The lowest BCUT2D eigenvalue weighted by Crippen LogP contribution is -2.38. The van der Waals surface area contributed by atoms with Crippen molar-refractivity contribution >= 4 is 39.6 Å². The maximum Gasteiger partial charge on any atom is 0.410 e. The van der Waals surface area contributed by atoms with Crippen LogP contribution in [0, 0.1) is 21.6 Å². The summed E-state index contributed by atoms with van der Waals surface area (Å²) in [7, 11) is -2.39. The molecule has 1 heterocycles. The molecule has 0 aromatic heterocycles. The molecule has 0 aliphatic carbocycles. The lowest BCUT2D eigenvalue weighted by Gasteiger charge is -2.23. The van der Waals surface area contributed by atoms with E-state index >= 15 is 0 Å². The van der Waals surface area contributed by atoms with Crippen LogP contribution in [0.25, 0.3) is 0 Å². The van der Waals surface area contributed by atoms with Crippen LogP contribution in [-0.2, 0) is 30.4 Å². The summed E-state index contributed by atoms with van der Waals surface area (Å²) in [4.78, 5) is 36.8. The van der Waals surface area contributed by atoms with Crippen LogP contribution in [0.1, 0.15) is 12.0 Å². The highest BCUT2D eigenvalue weighted by Crippen LogP contribution is 2.26. The van der Waals surface area contributed by atoms with Crippen molar-refractivity contribution in [2.75, 3.05) is 31.4 Å². The maximum absolute atomic E-state index is 12.6. The van der Waals surface area contributed by atoms with Crippen molar-refractivity contribution in [3.63, 3.8) is 0 Å². The minimum Gasteiger partial charge on any atom is -0.445 e. The highest BCUT2D eigenvalue weighted by Gasteiger charge is 2.38. The predicted molar refractivity (Wildman–Crippen MR) is 114 cm³/mol. The van der Waals surface area contributed by atoms with Gasteiger partial charge in [-0.05, 0) is 24.1 Å². The van der Waals surface area contributed by atoms with Gasteiger partial charge >= 0.3 is 6.09 Å². The number of amides is 2. The molecule has 12 nitrogen and oxygen atoms in total. The van der Waals surface area contributed by atoms with Crippen molar-refractivity contribution in [1.29, 1.82) is 5.26 Å². The van der Waals surface area contributed by atoms with Crippen molar-refractivity contribution in [1.82, 2.24) is 9.80 Å². The highest BCUT2D eigenvalue weighted by atomic mass is 32.2. The van der Waals surface area contributed by atoms with E-state index in [4.69, 9.17) is 14.2 Å². The topological polar surface area (TPSA) is 160 Å². The maximum atomic E-state index is 12.6. The minimum absolute atomic E-state index is 0.0105. The van der Waals surface area contributed by atoms with E-state index in [-0.39, 0.29) is 31.0 Å². The number of nitrogens with zero attached hydrogens (tertiary/aromatic N) is 4. The summed E-state index contributed by atoms with van der Waals surface area (Å²) in [6.45, 7) is -0.139. The number of rotatable bonds is 9. The van der Waals surface area contributed by atoms with Crippen LogP contribution in [0.3, 0.4) is 0 Å². The second-order valence-corrected chi connectivity index (χ2v) is 9.64. The zero-order chi connectivity index (χ0) is 23.9. The Kier molecular flexibility index (Phi) is 8.81. The summed E-state index contributed by atoms with van der Waals surface area (Å²) in [6.07, 6.45) is 1.41. The Morgan fingerprint density at radius 1 is 1.38 bits per heavy atom. The van der Waals surface area contributed by atoms with Gasteiger partial charge in [-0.2, -0.15) is 13.7 Å². The Hall–Kier alpha value is -2.89. The minimum atomic E-state index is -3.73. The van der Waals surface area contributed by atoms with Gasteiger partial charge < -0.3 is 9.64 Å². The number of benzene rings is 1. The van der Waals surface area contributed by atoms with Gasteiger partial charge in [0.25, 0.3) is 15.8 Å². The van der Waals surface area contributed by atoms with Crippen molar-refractivity contribution in [3.8, 4) is 6.19 Å². The first-order valence-corrected chi connectivity index (χ1v) is 12.3. The van der Waals surface area contributed by atoms with E-state index < -0.39 is 39.2 Å². The molecule has 0 bridgehead atoms. The van der Waals surface area contributed by atoms with Gasteiger partial charge in [0.1, 0.15) is 6.61 Å². The first kappa shape index (κ1) is 25.4. The number of carbonyl (C=O) groups excluding carboxylic acids is 2. The molecule has 0 N–H and O–H groups in total. The van der Waals surface area contributed by atoms with Crippen molar-refractivity contribution < 1.29 is 31.9 Å². The summed E-state index contributed by atoms with van der Waals surface area (Å²) in [5.41, 5.74) is 0.456. The van der Waals surface area contributed by atoms with Gasteiger partial charge in [-0.25, -0.2) is 4.79 Å². The average Bonchev–Trinajstić information content (AvgIpc) is 3.12. The smallest absolute Gasteiger partial charge is 0.410 e. The van der Waals surface area contributed by atoms with Crippen LogP contribution in [0.4, 0.5) is 10.5 Å². The molecule has 0 spiro atoms. The molecule has 1 aliphatic rings. The number of hydrogen-bond acceptors (Lipinski definition) is 10. The van der Waals surface area contributed by atoms with Crippen molar-refractivity contribution in [2.24, 2.45) is 0 Å². The normalized spacial score (nSPS) is 18.1. The summed E-state index contributed by atoms with van der Waals surface area (Å²) >= 11 is 1.20. The van der Waals surface area contributed by atoms with Crippen LogP contribution in [0.2, 0.25) is 0 Å². The monoisotopic (exact) mass is 486 g/mol. The van der Waals surface area contributed by atoms with Crippen LogP contribution in [0.5, 0.6) is 0 Å². The van der Waals surface area contributed by atoms with Gasteiger partial charge in [-0.1, -0.05) is 0 Å². The number of hydrogen-bond donors (Lipinski definition) is 0. The van der Waals surface area contributed by atoms with Crippen LogP contribution < -0.4 is 0 Å². The Labute approximate surface area is 189 Å². The van der Waals surface area contributed by atoms with E-state index in [2.05, 4.69) is 0 Å². The average molecular weight is 487 g/mol. The fraction of sp³-hybridized carbons (Fsp3) is 0.500. The summed E-state index contributed by atoms with van der Waals surface area (Å²) in [5, 5.41) is 19.5. The van der Waals surface area contributed by atoms with E-state index in [1.807, 2.05) is 0 Å². The second kappa shape index (κ2) is 11.1. The van der Waals surface area contributed by atoms with E-state index in [0.717, 1.165) is 11.2 Å². The molecular weight excluding hydrogens is 464 g/mol. The molecule has 2 atom stereocenters. The third kappa shape index (κ3) is 7.66. The van der Waals surface area contributed by atoms with Gasteiger partial charge in [0, 0.05) is 31.0 Å². The Morgan fingerprint density at radius 3 is 2.59 bits per heavy atom. The second-order valence-electron chi connectivity index (χ2n) is 7.01. The summed E-state index contributed by atoms with van der Waals surface area (Å²) in [5.74, 6) is -0.0720. The SMILES string of the molecule is CN(C#N)C(=O)CSCC1CC(OS(C)(=O)=O)CN1C(=O)OCc1ccc([N+](=O)[O-])cc1. The molecule has 14 heteroatoms. The number of nitro benzene ring substituents is 1. The van der Waals surface area contributed by atoms with Gasteiger partial charge in [0.15, 0.2) is 6.19 Å². The zero-order valence-corrected chi connectivity index (χ0v) is 19.0. The lowest BCUT2D eigenvalue weighted by atomic mass is 10.2. The zero-order valence-electron chi connectivity index (χ0n) is 17.4. The van der Waals surface area contributed by atoms with Crippen LogP contribution in [-0.4, -0.2) is 78.6 Å². The van der Waals surface area contributed by atoms with Crippen molar-refractivity contribution in [2.45, 2.75) is 25.2 Å². The summed E-state index contributed by atoms with van der Waals surface area (Å²) in [6, 6.07) is 5.08. The number of carbonyl (C=O) groups is 2. The molecular formula is C18H22N4O8S2. The molecule has 2 amide bonds. The van der Waals surface area contributed by atoms with Crippen LogP contribution in [0.15, 0.2) is 24.3 Å². The number of likely N-dealkylation sites (tertiary alicyclic amines) is 1. The Balaban J connectivity index is 1.99. The first-order valence-electron chi connectivity index (χ1n) is 9.29. The number of ether oxygens (including phenoxy) is 1. The molecule has 2 unspecified atom stereocenters. The van der Waals surface area contributed by atoms with E-state index in [1.54, 1.807) is 6.19 Å². The number of thioether (sulfide) groups is 1.